The van der Waals surface area contributed by atoms with Crippen LogP contribution in [0.3, 0.4) is 0 Å². The molecule has 5 heteroatoms. The van der Waals surface area contributed by atoms with Gasteiger partial charge in [-0.25, -0.2) is 0 Å². The molecule has 2 atom stereocenters. The zero-order valence-electron chi connectivity index (χ0n) is 15.2. The summed E-state index contributed by atoms with van der Waals surface area (Å²) in [4.78, 5) is 18.6. The van der Waals surface area contributed by atoms with E-state index in [4.69, 9.17) is 9.57 Å². The molecular weight excluding hydrogens is 340 g/mol. The van der Waals surface area contributed by atoms with E-state index in [2.05, 4.69) is 5.32 Å². The number of rotatable bonds is 6. The SMILES string of the molecule is COC1C2CC(Nc3ccccc3)=CC=C2C(=O)N1OCc1ccccc1. The Morgan fingerprint density at radius 3 is 2.44 bits per heavy atom. The molecule has 1 heterocycles. The second-order valence-corrected chi connectivity index (χ2v) is 6.63. The summed E-state index contributed by atoms with van der Waals surface area (Å²) in [5.41, 5.74) is 3.81. The zero-order chi connectivity index (χ0) is 18.6. The van der Waals surface area contributed by atoms with Gasteiger partial charge in [-0.1, -0.05) is 54.6 Å². The predicted octanol–water partition coefficient (Wildman–Crippen LogP) is 3.88. The van der Waals surface area contributed by atoms with Crippen LogP contribution in [0, 0.1) is 5.92 Å². The molecule has 5 nitrogen and oxygen atoms in total. The third-order valence-corrected chi connectivity index (χ3v) is 4.86. The molecule has 1 aliphatic carbocycles. The number of allylic oxidation sites excluding steroid dienone is 3. The van der Waals surface area contributed by atoms with Crippen LogP contribution < -0.4 is 5.32 Å². The maximum atomic E-state index is 12.8. The van der Waals surface area contributed by atoms with E-state index >= 15 is 0 Å². The first-order valence-electron chi connectivity index (χ1n) is 9.02. The van der Waals surface area contributed by atoms with E-state index in [9.17, 15) is 4.79 Å². The minimum absolute atomic E-state index is 0.0607. The van der Waals surface area contributed by atoms with Crippen LogP contribution in [0.25, 0.3) is 0 Å². The third kappa shape index (κ3) is 3.65. The number of hydroxylamine groups is 2. The minimum atomic E-state index is -0.436. The van der Waals surface area contributed by atoms with Gasteiger partial charge in [-0.15, -0.1) is 0 Å². The van der Waals surface area contributed by atoms with Gasteiger partial charge in [-0.2, -0.15) is 5.06 Å². The molecule has 138 valence electrons. The van der Waals surface area contributed by atoms with Crippen molar-refractivity contribution in [1.82, 2.24) is 5.06 Å². The summed E-state index contributed by atoms with van der Waals surface area (Å²) in [6, 6.07) is 19.8. The van der Waals surface area contributed by atoms with Crippen molar-refractivity contribution in [3.8, 4) is 0 Å². The Bertz CT molecular complexity index is 862. The molecule has 2 aromatic carbocycles. The second-order valence-electron chi connectivity index (χ2n) is 6.63. The van der Waals surface area contributed by atoms with E-state index < -0.39 is 6.23 Å². The normalized spacial score (nSPS) is 21.5. The van der Waals surface area contributed by atoms with Gasteiger partial charge in [0.2, 0.25) is 0 Å². The third-order valence-electron chi connectivity index (χ3n) is 4.86. The van der Waals surface area contributed by atoms with E-state index in [0.29, 0.717) is 13.0 Å². The van der Waals surface area contributed by atoms with Crippen LogP contribution in [0.2, 0.25) is 0 Å². The molecular formula is C22H22N2O3. The van der Waals surface area contributed by atoms with Crippen molar-refractivity contribution in [1.29, 1.82) is 0 Å². The van der Waals surface area contributed by atoms with Crippen LogP contribution in [0.5, 0.6) is 0 Å². The fourth-order valence-corrected chi connectivity index (χ4v) is 3.53. The number of fused-ring (bicyclic) bond motifs is 1. The molecule has 2 unspecified atom stereocenters. The summed E-state index contributed by atoms with van der Waals surface area (Å²) in [6.45, 7) is 0.328. The zero-order valence-corrected chi connectivity index (χ0v) is 15.2. The Morgan fingerprint density at radius 1 is 1.04 bits per heavy atom. The molecule has 0 bridgehead atoms. The standard InChI is InChI=1S/C22H22N2O3/c1-26-22-20-14-18(23-17-10-6-3-7-11-17)12-13-19(20)21(25)24(22)27-15-16-8-4-2-5-9-16/h2-13,20,22-23H,14-15H2,1H3. The number of hydrogen-bond donors (Lipinski definition) is 1. The van der Waals surface area contributed by atoms with Gasteiger partial charge in [0, 0.05) is 30.0 Å². The summed E-state index contributed by atoms with van der Waals surface area (Å²) < 4.78 is 5.63. The molecule has 1 amide bonds. The van der Waals surface area contributed by atoms with Gasteiger partial charge >= 0.3 is 0 Å². The average molecular weight is 362 g/mol. The lowest BCUT2D eigenvalue weighted by Gasteiger charge is -2.26. The first-order valence-corrected chi connectivity index (χ1v) is 9.02. The van der Waals surface area contributed by atoms with Gasteiger partial charge in [0.05, 0.1) is 0 Å². The van der Waals surface area contributed by atoms with E-state index in [-0.39, 0.29) is 11.8 Å². The van der Waals surface area contributed by atoms with Crippen molar-refractivity contribution in [3.63, 3.8) is 0 Å². The van der Waals surface area contributed by atoms with Gasteiger partial charge in [0.15, 0.2) is 6.23 Å². The van der Waals surface area contributed by atoms with Gasteiger partial charge in [0.25, 0.3) is 5.91 Å². The summed E-state index contributed by atoms with van der Waals surface area (Å²) in [5.74, 6) is -0.188. The highest BCUT2D eigenvalue weighted by molar-refractivity contribution is 5.96. The van der Waals surface area contributed by atoms with E-state index in [1.54, 1.807) is 7.11 Å². The molecule has 27 heavy (non-hydrogen) atoms. The highest BCUT2D eigenvalue weighted by atomic mass is 16.7. The Hall–Kier alpha value is -2.89. The average Bonchev–Trinajstić information content (AvgIpc) is 2.98. The number of carbonyl (C=O) groups is 1. The number of amides is 1. The number of ether oxygens (including phenoxy) is 1. The lowest BCUT2D eigenvalue weighted by Crippen LogP contribution is -2.36. The van der Waals surface area contributed by atoms with E-state index in [1.807, 2.05) is 72.8 Å². The van der Waals surface area contributed by atoms with E-state index in [1.165, 1.54) is 5.06 Å². The highest BCUT2D eigenvalue weighted by Gasteiger charge is 2.46. The number of hydrogen-bond acceptors (Lipinski definition) is 4. The summed E-state index contributed by atoms with van der Waals surface area (Å²) in [5, 5.41) is 4.79. The molecule has 0 aromatic heterocycles. The summed E-state index contributed by atoms with van der Waals surface area (Å²) in [6.07, 6.45) is 4.09. The van der Waals surface area contributed by atoms with Crippen LogP contribution in [-0.2, 0) is 21.0 Å². The maximum Gasteiger partial charge on any atom is 0.276 e. The Balaban J connectivity index is 1.47. The smallest absolute Gasteiger partial charge is 0.276 e. The van der Waals surface area contributed by atoms with E-state index in [0.717, 1.165) is 22.5 Å². The van der Waals surface area contributed by atoms with Gasteiger partial charge in [0.1, 0.15) is 6.61 Å². The molecule has 0 radical (unpaired) electrons. The van der Waals surface area contributed by atoms with Crippen LogP contribution >= 0.6 is 0 Å². The molecule has 0 spiro atoms. The molecule has 1 N–H and O–H groups in total. The molecule has 1 saturated heterocycles. The Labute approximate surface area is 158 Å². The minimum Gasteiger partial charge on any atom is -0.359 e. The molecule has 2 aliphatic rings. The molecule has 1 fully saturated rings. The number of nitrogens with one attached hydrogen (secondary N) is 1. The predicted molar refractivity (Wildman–Crippen MR) is 103 cm³/mol. The molecule has 1 aliphatic heterocycles. The monoisotopic (exact) mass is 362 g/mol. The molecule has 2 aromatic rings. The van der Waals surface area contributed by atoms with Crippen molar-refractivity contribution in [2.75, 3.05) is 12.4 Å². The van der Waals surface area contributed by atoms with Crippen LogP contribution in [0.15, 0.2) is 84.1 Å². The maximum absolute atomic E-state index is 12.8. The highest BCUT2D eigenvalue weighted by Crippen LogP contribution is 2.38. The topological polar surface area (TPSA) is 50.8 Å². The summed E-state index contributed by atoms with van der Waals surface area (Å²) >= 11 is 0. The number of benzene rings is 2. The lowest BCUT2D eigenvalue weighted by atomic mass is 9.91. The number of nitrogens with zero attached hydrogens (tertiary/aromatic N) is 1. The summed E-state index contributed by atoms with van der Waals surface area (Å²) in [7, 11) is 1.61. The number of methoxy groups -OCH3 is 1. The fourth-order valence-electron chi connectivity index (χ4n) is 3.53. The second kappa shape index (κ2) is 7.78. The fraction of sp³-hybridized carbons (Fsp3) is 0.227. The van der Waals surface area contributed by atoms with Crippen LogP contribution in [0.4, 0.5) is 5.69 Å². The quantitative estimate of drug-likeness (QED) is 0.847. The first-order chi connectivity index (χ1) is 13.3. The van der Waals surface area contributed by atoms with Crippen molar-refractivity contribution >= 4 is 11.6 Å². The number of para-hydroxylation sites is 1. The molecule has 0 saturated carbocycles. The Morgan fingerprint density at radius 2 is 1.74 bits per heavy atom. The van der Waals surface area contributed by atoms with Crippen molar-refractivity contribution in [2.45, 2.75) is 19.3 Å². The van der Waals surface area contributed by atoms with Crippen molar-refractivity contribution < 1.29 is 14.4 Å². The van der Waals surface area contributed by atoms with Gasteiger partial charge in [-0.3, -0.25) is 9.63 Å². The first kappa shape index (κ1) is 17.5. The van der Waals surface area contributed by atoms with Crippen molar-refractivity contribution in [3.05, 3.63) is 89.6 Å². The van der Waals surface area contributed by atoms with Crippen LogP contribution in [-0.4, -0.2) is 24.3 Å². The Kier molecular flexibility index (Phi) is 5.05. The lowest BCUT2D eigenvalue weighted by molar-refractivity contribution is -0.237. The van der Waals surface area contributed by atoms with Crippen LogP contribution in [0.1, 0.15) is 12.0 Å². The van der Waals surface area contributed by atoms with Crippen molar-refractivity contribution in [2.24, 2.45) is 5.92 Å². The number of anilines is 1. The van der Waals surface area contributed by atoms with Gasteiger partial charge in [-0.05, 0) is 30.2 Å². The van der Waals surface area contributed by atoms with Gasteiger partial charge < -0.3 is 10.1 Å². The molecule has 4 rings (SSSR count). The number of carbonyl (C=O) groups excluding carboxylic acids is 1. The largest absolute Gasteiger partial charge is 0.359 e.